The van der Waals surface area contributed by atoms with E-state index in [0.717, 1.165) is 0 Å². The molecule has 31 heavy (non-hydrogen) atoms. The Balaban J connectivity index is 1.65. The minimum Gasteiger partial charge on any atom is -0.493 e. The van der Waals surface area contributed by atoms with Gasteiger partial charge in [-0.15, -0.1) is 0 Å². The minimum atomic E-state index is -0.688. The smallest absolute Gasteiger partial charge is 0.246 e. The van der Waals surface area contributed by atoms with Crippen molar-refractivity contribution in [2.75, 3.05) is 25.5 Å². The molecule has 0 saturated carbocycles. The number of amides is 1. The van der Waals surface area contributed by atoms with Gasteiger partial charge in [0.1, 0.15) is 18.2 Å². The van der Waals surface area contributed by atoms with Gasteiger partial charge in [0.25, 0.3) is 0 Å². The number of aromatic nitrogens is 2. The molecule has 1 saturated heterocycles. The van der Waals surface area contributed by atoms with Crippen molar-refractivity contribution in [3.05, 3.63) is 59.1 Å². The normalized spacial score (nSPS) is 13.6. The molecule has 0 aliphatic carbocycles. The van der Waals surface area contributed by atoms with Crippen LogP contribution in [0, 0.1) is 5.82 Å². The largest absolute Gasteiger partial charge is 0.493 e. The van der Waals surface area contributed by atoms with Gasteiger partial charge in [-0.25, -0.2) is 14.4 Å². The second kappa shape index (κ2) is 8.56. The third-order valence-electron chi connectivity index (χ3n) is 4.84. The number of hydrogen-bond acceptors (Lipinski definition) is 6. The molecular weight excluding hydrogens is 446 g/mol. The average Bonchev–Trinajstić information content (AvgIpc) is 2.75. The van der Waals surface area contributed by atoms with Gasteiger partial charge in [0.15, 0.2) is 17.3 Å². The highest BCUT2D eigenvalue weighted by Crippen LogP contribution is 2.37. The van der Waals surface area contributed by atoms with Crippen molar-refractivity contribution in [3.63, 3.8) is 0 Å². The maximum atomic E-state index is 14.5. The van der Waals surface area contributed by atoms with Gasteiger partial charge in [0.05, 0.1) is 41.4 Å². The zero-order valence-corrected chi connectivity index (χ0v) is 17.9. The molecule has 160 valence electrons. The van der Waals surface area contributed by atoms with E-state index in [-0.39, 0.29) is 27.7 Å². The minimum absolute atomic E-state index is 0.113. The molecule has 2 aromatic carbocycles. The summed E-state index contributed by atoms with van der Waals surface area (Å²) in [4.78, 5) is 21.7. The summed E-state index contributed by atoms with van der Waals surface area (Å²) in [5.41, 5.74) is 0.685. The molecule has 3 aromatic rings. The molecule has 7 nitrogen and oxygen atoms in total. The number of rotatable bonds is 6. The Bertz CT molecular complexity index is 1180. The number of anilines is 2. The van der Waals surface area contributed by atoms with Gasteiger partial charge in [0.2, 0.25) is 5.91 Å². The van der Waals surface area contributed by atoms with E-state index in [4.69, 9.17) is 32.7 Å². The highest BCUT2D eigenvalue weighted by atomic mass is 35.5. The standard InChI is InChI=1S/C21H17Cl2FN4O3/c1-3-18(29)28-8-11(9-28)31-17-6-12-15(7-16(17)30-2)25-10-26-21(12)27-14-5-4-13(22)19(23)20(14)24/h3-7,10-11H,1,8-9H2,2H3,(H,25,26,27). The third kappa shape index (κ3) is 4.08. The van der Waals surface area contributed by atoms with Crippen molar-refractivity contribution in [2.24, 2.45) is 0 Å². The van der Waals surface area contributed by atoms with Crippen molar-refractivity contribution >= 4 is 51.5 Å². The van der Waals surface area contributed by atoms with E-state index in [9.17, 15) is 9.18 Å². The van der Waals surface area contributed by atoms with Gasteiger partial charge in [-0.2, -0.15) is 0 Å². The predicted molar refractivity (Wildman–Crippen MR) is 117 cm³/mol. The number of hydrogen-bond donors (Lipinski definition) is 1. The topological polar surface area (TPSA) is 76.6 Å². The van der Waals surface area contributed by atoms with Crippen LogP contribution in [0.2, 0.25) is 10.0 Å². The molecule has 0 spiro atoms. The molecule has 1 N–H and O–H groups in total. The summed E-state index contributed by atoms with van der Waals surface area (Å²) in [5, 5.41) is 3.45. The Morgan fingerprint density at radius 3 is 2.77 bits per heavy atom. The average molecular weight is 463 g/mol. The summed E-state index contributed by atoms with van der Waals surface area (Å²) in [6.45, 7) is 4.36. The predicted octanol–water partition coefficient (Wildman–Crippen LogP) is 4.60. The molecular formula is C21H17Cl2FN4O3. The highest BCUT2D eigenvalue weighted by molar-refractivity contribution is 6.42. The molecule has 4 rings (SSSR count). The van der Waals surface area contributed by atoms with Crippen LogP contribution in [0.15, 0.2) is 43.2 Å². The van der Waals surface area contributed by atoms with Gasteiger partial charge in [-0.3, -0.25) is 4.79 Å². The van der Waals surface area contributed by atoms with E-state index >= 15 is 0 Å². The van der Waals surface area contributed by atoms with Crippen LogP contribution < -0.4 is 14.8 Å². The van der Waals surface area contributed by atoms with Gasteiger partial charge >= 0.3 is 0 Å². The van der Waals surface area contributed by atoms with Crippen molar-refractivity contribution in [1.29, 1.82) is 0 Å². The van der Waals surface area contributed by atoms with Crippen molar-refractivity contribution in [2.45, 2.75) is 6.10 Å². The van der Waals surface area contributed by atoms with E-state index in [0.29, 0.717) is 41.3 Å². The first-order chi connectivity index (χ1) is 14.9. The second-order valence-corrected chi connectivity index (χ2v) is 7.56. The van der Waals surface area contributed by atoms with Gasteiger partial charge in [-0.05, 0) is 24.3 Å². The summed E-state index contributed by atoms with van der Waals surface area (Å²) >= 11 is 11.8. The van der Waals surface area contributed by atoms with E-state index < -0.39 is 5.82 Å². The quantitative estimate of drug-likeness (QED) is 0.425. The number of ether oxygens (including phenoxy) is 2. The Kier molecular flexibility index (Phi) is 5.84. The maximum absolute atomic E-state index is 14.5. The summed E-state index contributed by atoms with van der Waals surface area (Å²) in [6.07, 6.45) is 2.43. The van der Waals surface area contributed by atoms with Crippen LogP contribution >= 0.6 is 23.2 Å². The lowest BCUT2D eigenvalue weighted by Gasteiger charge is -2.38. The van der Waals surface area contributed by atoms with Gasteiger partial charge in [0, 0.05) is 11.5 Å². The van der Waals surface area contributed by atoms with Crippen LogP contribution in [0.3, 0.4) is 0 Å². The first-order valence-electron chi connectivity index (χ1n) is 9.22. The Labute approximate surface area is 187 Å². The number of likely N-dealkylation sites (tertiary alicyclic amines) is 1. The van der Waals surface area contributed by atoms with Crippen molar-refractivity contribution in [1.82, 2.24) is 14.9 Å². The SMILES string of the molecule is C=CC(=O)N1CC(Oc2cc3c(Nc4ccc(Cl)c(Cl)c4F)ncnc3cc2OC)C1. The number of fused-ring (bicyclic) bond motifs is 1. The molecule has 1 amide bonds. The Morgan fingerprint density at radius 1 is 1.29 bits per heavy atom. The molecule has 1 aromatic heterocycles. The van der Waals surface area contributed by atoms with Crippen molar-refractivity contribution in [3.8, 4) is 11.5 Å². The number of halogens is 3. The molecule has 0 unspecified atom stereocenters. The van der Waals surface area contributed by atoms with Crippen LogP contribution in [0.25, 0.3) is 10.9 Å². The molecule has 0 radical (unpaired) electrons. The fourth-order valence-corrected chi connectivity index (χ4v) is 3.48. The second-order valence-electron chi connectivity index (χ2n) is 6.78. The lowest BCUT2D eigenvalue weighted by atomic mass is 10.1. The number of benzene rings is 2. The van der Waals surface area contributed by atoms with Crippen LogP contribution in [-0.4, -0.2) is 47.1 Å². The number of carbonyl (C=O) groups excluding carboxylic acids is 1. The number of methoxy groups -OCH3 is 1. The zero-order valence-electron chi connectivity index (χ0n) is 16.4. The summed E-state index contributed by atoms with van der Waals surface area (Å²) in [7, 11) is 1.52. The molecule has 1 aliphatic heterocycles. The highest BCUT2D eigenvalue weighted by Gasteiger charge is 2.31. The molecule has 1 fully saturated rings. The Morgan fingerprint density at radius 2 is 2.06 bits per heavy atom. The van der Waals surface area contributed by atoms with E-state index in [1.54, 1.807) is 17.0 Å². The molecule has 2 heterocycles. The number of nitrogens with one attached hydrogen (secondary N) is 1. The van der Waals surface area contributed by atoms with Crippen LogP contribution in [-0.2, 0) is 4.79 Å². The fraction of sp³-hybridized carbons (Fsp3) is 0.190. The maximum Gasteiger partial charge on any atom is 0.246 e. The zero-order chi connectivity index (χ0) is 22.1. The van der Waals surface area contributed by atoms with Gasteiger partial charge in [-0.1, -0.05) is 29.8 Å². The lowest BCUT2D eigenvalue weighted by Crippen LogP contribution is -2.55. The summed E-state index contributed by atoms with van der Waals surface area (Å²) < 4.78 is 25.9. The van der Waals surface area contributed by atoms with Crippen molar-refractivity contribution < 1.29 is 18.7 Å². The van der Waals surface area contributed by atoms with Crippen LogP contribution in [0.5, 0.6) is 11.5 Å². The first kappa shape index (κ1) is 21.1. The molecule has 10 heteroatoms. The summed E-state index contributed by atoms with van der Waals surface area (Å²) in [6, 6.07) is 6.37. The third-order valence-corrected chi connectivity index (χ3v) is 5.62. The van der Waals surface area contributed by atoms with E-state index in [1.165, 1.54) is 31.6 Å². The fourth-order valence-electron chi connectivity index (χ4n) is 3.17. The number of carbonyl (C=O) groups is 1. The lowest BCUT2D eigenvalue weighted by molar-refractivity contribution is -0.134. The summed E-state index contributed by atoms with van der Waals surface area (Å²) in [5.74, 6) is 0.456. The first-order valence-corrected chi connectivity index (χ1v) is 9.98. The van der Waals surface area contributed by atoms with Gasteiger partial charge < -0.3 is 19.7 Å². The van der Waals surface area contributed by atoms with E-state index in [1.807, 2.05) is 0 Å². The molecule has 1 aliphatic rings. The monoisotopic (exact) mass is 462 g/mol. The van der Waals surface area contributed by atoms with Crippen LogP contribution in [0.4, 0.5) is 15.9 Å². The van der Waals surface area contributed by atoms with E-state index in [2.05, 4.69) is 21.9 Å². The molecule has 0 atom stereocenters. The number of nitrogens with zero attached hydrogens (tertiary/aromatic N) is 3. The molecule has 0 bridgehead atoms. The Hall–Kier alpha value is -3.10. The van der Waals surface area contributed by atoms with Crippen LogP contribution in [0.1, 0.15) is 0 Å².